The van der Waals surface area contributed by atoms with Crippen molar-refractivity contribution in [2.24, 2.45) is 0 Å². The maximum absolute atomic E-state index is 8.89. The largest absolute Gasteiger partial charge is 0.494 e. The summed E-state index contributed by atoms with van der Waals surface area (Å²) in [6.07, 6.45) is 0.684. The van der Waals surface area contributed by atoms with Gasteiger partial charge in [-0.15, -0.1) is 0 Å². The molecule has 0 unspecified atom stereocenters. The van der Waals surface area contributed by atoms with Gasteiger partial charge in [-0.05, 0) is 45.1 Å². The maximum Gasteiger partial charge on any atom is 0.494 e. The van der Waals surface area contributed by atoms with Gasteiger partial charge in [0.2, 0.25) is 0 Å². The zero-order valence-corrected chi connectivity index (χ0v) is 11.6. The van der Waals surface area contributed by atoms with Crippen LogP contribution in [0.25, 0.3) is 0 Å². The van der Waals surface area contributed by atoms with Crippen LogP contribution in [0.2, 0.25) is 0 Å². The lowest BCUT2D eigenvalue weighted by atomic mass is 9.79. The van der Waals surface area contributed by atoms with Gasteiger partial charge in [-0.1, -0.05) is 24.3 Å². The Bertz CT molecular complexity index is 396. The molecule has 1 aromatic carbocycles. The van der Waals surface area contributed by atoms with E-state index in [0.29, 0.717) is 6.42 Å². The molecule has 1 fully saturated rings. The molecule has 0 aliphatic carbocycles. The third-order valence-electron chi connectivity index (χ3n) is 3.91. The zero-order chi connectivity index (χ0) is 13.4. The summed E-state index contributed by atoms with van der Waals surface area (Å²) in [5, 5.41) is 8.89. The smallest absolute Gasteiger partial charge is 0.399 e. The van der Waals surface area contributed by atoms with E-state index in [1.165, 1.54) is 0 Å². The lowest BCUT2D eigenvalue weighted by Gasteiger charge is -2.32. The van der Waals surface area contributed by atoms with Crippen molar-refractivity contribution in [3.8, 4) is 0 Å². The Balaban J connectivity index is 2.14. The van der Waals surface area contributed by atoms with E-state index >= 15 is 0 Å². The molecule has 1 aliphatic rings. The van der Waals surface area contributed by atoms with Crippen LogP contribution in [-0.2, 0) is 15.7 Å². The molecule has 2 rings (SSSR count). The summed E-state index contributed by atoms with van der Waals surface area (Å²) in [5.41, 5.74) is 1.54. The molecular formula is C14H21BO3. The van der Waals surface area contributed by atoms with Gasteiger partial charge in [0, 0.05) is 6.61 Å². The highest BCUT2D eigenvalue weighted by Gasteiger charge is 2.51. The molecule has 1 N–H and O–H groups in total. The lowest BCUT2D eigenvalue weighted by molar-refractivity contribution is 0.00578. The number of hydrogen-bond donors (Lipinski definition) is 1. The molecule has 0 aromatic heterocycles. The molecule has 4 heteroatoms. The summed E-state index contributed by atoms with van der Waals surface area (Å²) in [7, 11) is -0.307. The van der Waals surface area contributed by atoms with E-state index < -0.39 is 0 Å². The topological polar surface area (TPSA) is 38.7 Å². The third kappa shape index (κ3) is 2.46. The monoisotopic (exact) mass is 248 g/mol. The molecule has 1 aromatic rings. The Kier molecular flexibility index (Phi) is 3.54. The van der Waals surface area contributed by atoms with Crippen molar-refractivity contribution >= 4 is 12.6 Å². The number of rotatable bonds is 3. The van der Waals surface area contributed by atoms with Crippen LogP contribution in [-0.4, -0.2) is 30.0 Å². The van der Waals surface area contributed by atoms with Crippen LogP contribution in [0.5, 0.6) is 0 Å². The Morgan fingerprint density at radius 3 is 1.94 bits per heavy atom. The van der Waals surface area contributed by atoms with Crippen molar-refractivity contribution in [3.05, 3.63) is 29.8 Å². The minimum atomic E-state index is -0.307. The van der Waals surface area contributed by atoms with Gasteiger partial charge in [-0.3, -0.25) is 0 Å². The van der Waals surface area contributed by atoms with Crippen LogP contribution < -0.4 is 5.46 Å². The summed E-state index contributed by atoms with van der Waals surface area (Å²) >= 11 is 0. The third-order valence-corrected chi connectivity index (χ3v) is 3.91. The summed E-state index contributed by atoms with van der Waals surface area (Å²) < 4.78 is 12.0. The second-order valence-corrected chi connectivity index (χ2v) is 5.80. The summed E-state index contributed by atoms with van der Waals surface area (Å²) in [6, 6.07) is 8.04. The van der Waals surface area contributed by atoms with Gasteiger partial charge in [0.15, 0.2) is 0 Å². The molecule has 0 atom stereocenters. The average molecular weight is 248 g/mol. The van der Waals surface area contributed by atoms with Gasteiger partial charge in [0.1, 0.15) is 0 Å². The van der Waals surface area contributed by atoms with Crippen molar-refractivity contribution in [1.29, 1.82) is 0 Å². The second kappa shape index (κ2) is 4.69. The first-order chi connectivity index (χ1) is 8.36. The second-order valence-electron chi connectivity index (χ2n) is 5.80. The van der Waals surface area contributed by atoms with E-state index in [4.69, 9.17) is 14.4 Å². The predicted molar refractivity (Wildman–Crippen MR) is 72.9 cm³/mol. The van der Waals surface area contributed by atoms with Crippen LogP contribution in [0.1, 0.15) is 33.3 Å². The van der Waals surface area contributed by atoms with E-state index in [9.17, 15) is 0 Å². The van der Waals surface area contributed by atoms with Crippen LogP contribution >= 0.6 is 0 Å². The fourth-order valence-corrected chi connectivity index (χ4v) is 1.95. The van der Waals surface area contributed by atoms with Crippen molar-refractivity contribution in [2.45, 2.75) is 45.3 Å². The molecule has 1 aliphatic heterocycles. The average Bonchev–Trinajstić information content (AvgIpc) is 2.50. The zero-order valence-electron chi connectivity index (χ0n) is 11.6. The minimum absolute atomic E-state index is 0.176. The van der Waals surface area contributed by atoms with Gasteiger partial charge in [0.05, 0.1) is 11.2 Å². The van der Waals surface area contributed by atoms with Crippen molar-refractivity contribution < 1.29 is 14.4 Å². The highest BCUT2D eigenvalue weighted by Crippen LogP contribution is 2.36. The van der Waals surface area contributed by atoms with Gasteiger partial charge in [-0.25, -0.2) is 0 Å². The molecule has 18 heavy (non-hydrogen) atoms. The molecule has 3 nitrogen and oxygen atoms in total. The molecule has 1 heterocycles. The SMILES string of the molecule is CC1(C)OB(c2ccc(CCO)cc2)OC1(C)C. The highest BCUT2D eigenvalue weighted by atomic mass is 16.7. The highest BCUT2D eigenvalue weighted by molar-refractivity contribution is 6.62. The molecule has 0 saturated carbocycles. The first kappa shape index (κ1) is 13.6. The van der Waals surface area contributed by atoms with Crippen molar-refractivity contribution in [1.82, 2.24) is 0 Å². The van der Waals surface area contributed by atoms with E-state index in [2.05, 4.69) is 0 Å². The van der Waals surface area contributed by atoms with E-state index in [1.807, 2.05) is 52.0 Å². The lowest BCUT2D eigenvalue weighted by Crippen LogP contribution is -2.41. The molecule has 0 bridgehead atoms. The Labute approximate surface area is 109 Å². The van der Waals surface area contributed by atoms with Crippen LogP contribution in [0, 0.1) is 0 Å². The number of benzene rings is 1. The first-order valence-electron chi connectivity index (χ1n) is 6.41. The Hall–Kier alpha value is -0.835. The maximum atomic E-state index is 8.89. The predicted octanol–water partition coefficient (Wildman–Crippen LogP) is 1.52. The number of hydrogen-bond acceptors (Lipinski definition) is 3. The van der Waals surface area contributed by atoms with Gasteiger partial charge >= 0.3 is 7.12 Å². The molecule has 98 valence electrons. The standard InChI is InChI=1S/C14H21BO3/c1-13(2)14(3,4)18-15(17-13)12-7-5-11(6-8-12)9-10-16/h5-8,16H,9-10H2,1-4H3. The summed E-state index contributed by atoms with van der Waals surface area (Å²) in [5.74, 6) is 0. The van der Waals surface area contributed by atoms with Gasteiger partial charge < -0.3 is 14.4 Å². The molecular weight excluding hydrogens is 227 g/mol. The fourth-order valence-electron chi connectivity index (χ4n) is 1.95. The normalized spacial score (nSPS) is 21.3. The summed E-state index contributed by atoms with van der Waals surface area (Å²) in [4.78, 5) is 0. The number of aliphatic hydroxyl groups excluding tert-OH is 1. The van der Waals surface area contributed by atoms with Crippen LogP contribution in [0.4, 0.5) is 0 Å². The molecule has 0 spiro atoms. The van der Waals surface area contributed by atoms with Crippen molar-refractivity contribution in [2.75, 3.05) is 6.61 Å². The number of aliphatic hydroxyl groups is 1. The Morgan fingerprint density at radius 2 is 1.50 bits per heavy atom. The molecule has 0 radical (unpaired) electrons. The fraction of sp³-hybridized carbons (Fsp3) is 0.571. The first-order valence-corrected chi connectivity index (χ1v) is 6.41. The van der Waals surface area contributed by atoms with Gasteiger partial charge in [0.25, 0.3) is 0 Å². The van der Waals surface area contributed by atoms with E-state index in [1.54, 1.807) is 0 Å². The van der Waals surface area contributed by atoms with Crippen LogP contribution in [0.3, 0.4) is 0 Å². The minimum Gasteiger partial charge on any atom is -0.399 e. The molecule has 0 amide bonds. The Morgan fingerprint density at radius 1 is 1.00 bits per heavy atom. The van der Waals surface area contributed by atoms with E-state index in [0.717, 1.165) is 11.0 Å². The van der Waals surface area contributed by atoms with Crippen molar-refractivity contribution in [3.63, 3.8) is 0 Å². The summed E-state index contributed by atoms with van der Waals surface area (Å²) in [6.45, 7) is 8.37. The van der Waals surface area contributed by atoms with E-state index in [-0.39, 0.29) is 24.9 Å². The van der Waals surface area contributed by atoms with Crippen LogP contribution in [0.15, 0.2) is 24.3 Å². The quantitative estimate of drug-likeness (QED) is 0.824. The van der Waals surface area contributed by atoms with Gasteiger partial charge in [-0.2, -0.15) is 0 Å². The molecule has 1 saturated heterocycles.